The Balaban J connectivity index is 1.78. The van der Waals surface area contributed by atoms with Crippen LogP contribution in [0.1, 0.15) is 44.3 Å². The summed E-state index contributed by atoms with van der Waals surface area (Å²) in [7, 11) is 1.97. The van der Waals surface area contributed by atoms with Crippen molar-refractivity contribution in [2.45, 2.75) is 44.9 Å². The van der Waals surface area contributed by atoms with Gasteiger partial charge < -0.3 is 4.57 Å². The Morgan fingerprint density at radius 1 is 1.47 bits per heavy atom. The average Bonchev–Trinajstić information content (AvgIpc) is 2.74. The lowest BCUT2D eigenvalue weighted by Gasteiger charge is -2.11. The average molecular weight is 232 g/mol. The number of hydrogen-bond donors (Lipinski definition) is 0. The number of carbonyl (C=O) groups is 1. The van der Waals surface area contributed by atoms with Gasteiger partial charge in [0.25, 0.3) is 0 Å². The zero-order valence-corrected chi connectivity index (χ0v) is 10.5. The van der Waals surface area contributed by atoms with Crippen molar-refractivity contribution in [3.8, 4) is 0 Å². The third-order valence-corrected chi connectivity index (χ3v) is 3.36. The lowest BCUT2D eigenvalue weighted by Crippen LogP contribution is -2.06. The number of Topliss-reactive ketones (excluding diaryl/α,β-unsaturated/α-hetero) is 1. The van der Waals surface area contributed by atoms with Gasteiger partial charge in [-0.05, 0) is 25.7 Å². The van der Waals surface area contributed by atoms with E-state index in [1.54, 1.807) is 6.20 Å². The molecule has 1 aliphatic rings. The standard InChI is InChI=1S/C14H20N2O/c1-16-10-9-15-14(16)8-7-13(17)11-12-5-3-2-4-6-12/h5,9-10H,2-4,6-8,11H2,1H3. The molecule has 0 bridgehead atoms. The van der Waals surface area contributed by atoms with E-state index in [1.165, 1.54) is 18.4 Å². The highest BCUT2D eigenvalue weighted by Crippen LogP contribution is 2.20. The normalized spacial score (nSPS) is 15.7. The molecule has 92 valence electrons. The summed E-state index contributed by atoms with van der Waals surface area (Å²) in [5, 5.41) is 0. The van der Waals surface area contributed by atoms with E-state index in [2.05, 4.69) is 11.1 Å². The van der Waals surface area contributed by atoms with E-state index >= 15 is 0 Å². The van der Waals surface area contributed by atoms with Crippen molar-refractivity contribution >= 4 is 5.78 Å². The second kappa shape index (κ2) is 5.80. The van der Waals surface area contributed by atoms with E-state index in [1.807, 2.05) is 17.8 Å². The van der Waals surface area contributed by atoms with Crippen LogP contribution in [0, 0.1) is 0 Å². The first-order valence-corrected chi connectivity index (χ1v) is 6.41. The van der Waals surface area contributed by atoms with Gasteiger partial charge in [0.1, 0.15) is 11.6 Å². The molecular weight excluding hydrogens is 212 g/mol. The summed E-state index contributed by atoms with van der Waals surface area (Å²) in [6.07, 6.45) is 12.8. The van der Waals surface area contributed by atoms with Gasteiger partial charge in [-0.2, -0.15) is 0 Å². The largest absolute Gasteiger partial charge is 0.338 e. The molecule has 0 saturated heterocycles. The number of ketones is 1. The van der Waals surface area contributed by atoms with Crippen LogP contribution in [-0.4, -0.2) is 15.3 Å². The van der Waals surface area contributed by atoms with Gasteiger partial charge in [-0.1, -0.05) is 11.6 Å². The van der Waals surface area contributed by atoms with Crippen molar-refractivity contribution in [3.63, 3.8) is 0 Å². The van der Waals surface area contributed by atoms with Crippen LogP contribution in [0.25, 0.3) is 0 Å². The number of carbonyl (C=O) groups excluding carboxylic acids is 1. The third kappa shape index (κ3) is 3.55. The van der Waals surface area contributed by atoms with Crippen LogP contribution >= 0.6 is 0 Å². The number of nitrogens with zero attached hydrogens (tertiary/aromatic N) is 2. The zero-order valence-electron chi connectivity index (χ0n) is 10.5. The lowest BCUT2D eigenvalue weighted by molar-refractivity contribution is -0.118. The minimum Gasteiger partial charge on any atom is -0.338 e. The van der Waals surface area contributed by atoms with Crippen molar-refractivity contribution in [1.82, 2.24) is 9.55 Å². The Labute approximate surface area is 103 Å². The first kappa shape index (κ1) is 12.1. The minimum atomic E-state index is 0.348. The van der Waals surface area contributed by atoms with Gasteiger partial charge in [-0.25, -0.2) is 4.98 Å². The van der Waals surface area contributed by atoms with Gasteiger partial charge in [0.15, 0.2) is 0 Å². The van der Waals surface area contributed by atoms with E-state index in [0.29, 0.717) is 18.6 Å². The molecule has 0 spiro atoms. The molecule has 0 radical (unpaired) electrons. The maximum atomic E-state index is 11.8. The van der Waals surface area contributed by atoms with Gasteiger partial charge in [0, 0.05) is 38.7 Å². The number of allylic oxidation sites excluding steroid dienone is 2. The second-order valence-corrected chi connectivity index (χ2v) is 4.78. The summed E-state index contributed by atoms with van der Waals surface area (Å²) < 4.78 is 1.98. The molecule has 3 heteroatoms. The van der Waals surface area contributed by atoms with Gasteiger partial charge in [-0.15, -0.1) is 0 Å². The van der Waals surface area contributed by atoms with Crippen LogP contribution in [0.5, 0.6) is 0 Å². The summed E-state index contributed by atoms with van der Waals surface area (Å²) in [5.41, 5.74) is 1.35. The number of imidazole rings is 1. The highest BCUT2D eigenvalue weighted by atomic mass is 16.1. The molecule has 1 aliphatic carbocycles. The molecule has 1 heterocycles. The van der Waals surface area contributed by atoms with Gasteiger partial charge in [-0.3, -0.25) is 4.79 Å². The number of rotatable bonds is 5. The van der Waals surface area contributed by atoms with Crippen LogP contribution in [0.2, 0.25) is 0 Å². The molecule has 0 amide bonds. The van der Waals surface area contributed by atoms with Crippen molar-refractivity contribution in [1.29, 1.82) is 0 Å². The Hall–Kier alpha value is -1.38. The highest BCUT2D eigenvalue weighted by Gasteiger charge is 2.10. The smallest absolute Gasteiger partial charge is 0.137 e. The third-order valence-electron chi connectivity index (χ3n) is 3.36. The summed E-state index contributed by atoms with van der Waals surface area (Å²) >= 11 is 0. The number of aryl methyl sites for hydroxylation is 2. The first-order valence-electron chi connectivity index (χ1n) is 6.41. The van der Waals surface area contributed by atoms with Gasteiger partial charge in [0.05, 0.1) is 0 Å². The molecule has 1 aromatic heterocycles. The molecule has 17 heavy (non-hydrogen) atoms. The van der Waals surface area contributed by atoms with Crippen LogP contribution in [-0.2, 0) is 18.3 Å². The topological polar surface area (TPSA) is 34.9 Å². The minimum absolute atomic E-state index is 0.348. The van der Waals surface area contributed by atoms with Gasteiger partial charge in [0.2, 0.25) is 0 Å². The molecule has 0 N–H and O–H groups in total. The van der Waals surface area contributed by atoms with Crippen molar-refractivity contribution in [2.24, 2.45) is 7.05 Å². The fourth-order valence-electron chi connectivity index (χ4n) is 2.30. The summed E-state index contributed by atoms with van der Waals surface area (Å²) in [5.74, 6) is 1.34. The quantitative estimate of drug-likeness (QED) is 0.732. The maximum Gasteiger partial charge on any atom is 0.137 e. The molecule has 0 atom stereocenters. The zero-order chi connectivity index (χ0) is 12.1. The van der Waals surface area contributed by atoms with E-state index in [0.717, 1.165) is 25.1 Å². The fourth-order valence-corrected chi connectivity index (χ4v) is 2.30. The van der Waals surface area contributed by atoms with Gasteiger partial charge >= 0.3 is 0 Å². The monoisotopic (exact) mass is 232 g/mol. The molecule has 0 unspecified atom stereocenters. The Morgan fingerprint density at radius 2 is 2.35 bits per heavy atom. The van der Waals surface area contributed by atoms with E-state index < -0.39 is 0 Å². The summed E-state index contributed by atoms with van der Waals surface area (Å²) in [6, 6.07) is 0. The second-order valence-electron chi connectivity index (χ2n) is 4.78. The van der Waals surface area contributed by atoms with Crippen LogP contribution in [0.15, 0.2) is 24.0 Å². The predicted octanol–water partition coefficient (Wildman–Crippen LogP) is 2.81. The van der Waals surface area contributed by atoms with Crippen molar-refractivity contribution in [3.05, 3.63) is 29.9 Å². The fraction of sp³-hybridized carbons (Fsp3) is 0.571. The Bertz CT molecular complexity index is 418. The lowest BCUT2D eigenvalue weighted by atomic mass is 9.94. The molecule has 0 aliphatic heterocycles. The van der Waals surface area contributed by atoms with Crippen molar-refractivity contribution < 1.29 is 4.79 Å². The maximum absolute atomic E-state index is 11.8. The molecule has 0 saturated carbocycles. The van der Waals surface area contributed by atoms with Crippen LogP contribution in [0.4, 0.5) is 0 Å². The molecule has 0 fully saturated rings. The van der Waals surface area contributed by atoms with E-state index in [-0.39, 0.29) is 0 Å². The number of aromatic nitrogens is 2. The molecular formula is C14H20N2O. The Morgan fingerprint density at radius 3 is 3.00 bits per heavy atom. The Kier molecular flexibility index (Phi) is 4.13. The summed E-state index contributed by atoms with van der Waals surface area (Å²) in [4.78, 5) is 16.1. The van der Waals surface area contributed by atoms with E-state index in [4.69, 9.17) is 0 Å². The first-order chi connectivity index (χ1) is 8.25. The van der Waals surface area contributed by atoms with Crippen molar-refractivity contribution in [2.75, 3.05) is 0 Å². The van der Waals surface area contributed by atoms with E-state index in [9.17, 15) is 4.79 Å². The summed E-state index contributed by atoms with van der Waals surface area (Å²) in [6.45, 7) is 0. The number of hydrogen-bond acceptors (Lipinski definition) is 2. The molecule has 2 rings (SSSR count). The molecule has 3 nitrogen and oxygen atoms in total. The van der Waals surface area contributed by atoms with Crippen LogP contribution < -0.4 is 0 Å². The highest BCUT2D eigenvalue weighted by molar-refractivity contribution is 5.81. The van der Waals surface area contributed by atoms with Crippen LogP contribution in [0.3, 0.4) is 0 Å². The predicted molar refractivity (Wildman–Crippen MR) is 67.7 cm³/mol. The molecule has 1 aromatic rings. The molecule has 0 aromatic carbocycles. The SMILES string of the molecule is Cn1ccnc1CCC(=O)CC1=CCCCC1.